The normalized spacial score (nSPS) is 12.7. The van der Waals surface area contributed by atoms with Crippen LogP contribution in [0.4, 0.5) is 0 Å². The Morgan fingerprint density at radius 1 is 1.25 bits per heavy atom. The third-order valence-electron chi connectivity index (χ3n) is 1.22. The summed E-state index contributed by atoms with van der Waals surface area (Å²) < 4.78 is 4.50. The first-order valence-electron chi connectivity index (χ1n) is 3.67. The molecule has 0 spiro atoms. The quantitative estimate of drug-likeness (QED) is 0.641. The van der Waals surface area contributed by atoms with Gasteiger partial charge in [0.25, 0.3) is 0 Å². The van der Waals surface area contributed by atoms with Crippen molar-refractivity contribution in [2.45, 2.75) is 0 Å². The van der Waals surface area contributed by atoms with E-state index in [4.69, 9.17) is 5.11 Å². The van der Waals surface area contributed by atoms with E-state index >= 15 is 0 Å². The van der Waals surface area contributed by atoms with E-state index in [1.807, 2.05) is 0 Å². The minimum atomic E-state index is -0.879. The van der Waals surface area contributed by atoms with Crippen LogP contribution in [-0.4, -0.2) is 24.3 Å². The number of carboxylic acids is 1. The summed E-state index contributed by atoms with van der Waals surface area (Å²) in [7, 11) is 0. The molecule has 0 radical (unpaired) electrons. The fourth-order valence-electron chi connectivity index (χ4n) is 0.581. The molecule has 1 aliphatic heterocycles. The summed E-state index contributed by atoms with van der Waals surface area (Å²) in [6, 6.07) is 8.30. The van der Waals surface area contributed by atoms with E-state index < -0.39 is 5.97 Å². The highest BCUT2D eigenvalue weighted by atomic mass is 16.6. The molecule has 0 aromatic heterocycles. The summed E-state index contributed by atoms with van der Waals surface area (Å²) in [6.45, 7) is 2.00. The first-order chi connectivity index (χ1) is 5.80. The molecule has 0 atom stereocenters. The van der Waals surface area contributed by atoms with E-state index in [-0.39, 0.29) is 0 Å². The molecule has 1 aromatic rings. The Kier molecular flexibility index (Phi) is 3.29. The van der Waals surface area contributed by atoms with Crippen LogP contribution in [0.3, 0.4) is 0 Å². The summed E-state index contributed by atoms with van der Waals surface area (Å²) in [5.74, 6) is -0.879. The van der Waals surface area contributed by atoms with Crippen molar-refractivity contribution < 1.29 is 14.6 Å². The molecule has 3 heteroatoms. The minimum Gasteiger partial charge on any atom is -0.478 e. The van der Waals surface area contributed by atoms with Crippen molar-refractivity contribution in [3.8, 4) is 0 Å². The molecule has 1 heterocycles. The second-order valence-electron chi connectivity index (χ2n) is 2.28. The molecule has 0 unspecified atom stereocenters. The van der Waals surface area contributed by atoms with Crippen molar-refractivity contribution in [1.29, 1.82) is 0 Å². The molecule has 0 aliphatic carbocycles. The molecule has 64 valence electrons. The van der Waals surface area contributed by atoms with Crippen LogP contribution in [0.5, 0.6) is 0 Å². The van der Waals surface area contributed by atoms with Gasteiger partial charge in [0, 0.05) is 0 Å². The topological polar surface area (TPSA) is 49.8 Å². The number of epoxide rings is 1. The number of carboxylic acid groups (broad SMARTS) is 1. The first-order valence-corrected chi connectivity index (χ1v) is 3.67. The Morgan fingerprint density at radius 3 is 2.00 bits per heavy atom. The lowest BCUT2D eigenvalue weighted by Gasteiger charge is -1.88. The van der Waals surface area contributed by atoms with Gasteiger partial charge in [0.2, 0.25) is 0 Å². The highest BCUT2D eigenvalue weighted by Gasteiger charge is 1.96. The molecule has 0 saturated carbocycles. The molecule has 1 aliphatic rings. The second kappa shape index (κ2) is 4.51. The zero-order chi connectivity index (χ0) is 8.81. The summed E-state index contributed by atoms with van der Waals surface area (Å²) in [4.78, 5) is 10.2. The molecule has 3 nitrogen and oxygen atoms in total. The van der Waals surface area contributed by atoms with Crippen LogP contribution < -0.4 is 0 Å². The van der Waals surface area contributed by atoms with Crippen LogP contribution >= 0.6 is 0 Å². The maximum absolute atomic E-state index is 10.2. The van der Waals surface area contributed by atoms with Crippen LogP contribution in [0.1, 0.15) is 10.4 Å². The number of aromatic carboxylic acids is 1. The molecule has 0 bridgehead atoms. The Morgan fingerprint density at radius 2 is 1.75 bits per heavy atom. The molecule has 12 heavy (non-hydrogen) atoms. The van der Waals surface area contributed by atoms with Crippen molar-refractivity contribution in [3.05, 3.63) is 35.9 Å². The lowest BCUT2D eigenvalue weighted by atomic mass is 10.2. The zero-order valence-electron chi connectivity index (χ0n) is 6.56. The molecular weight excluding hydrogens is 156 g/mol. The molecule has 1 N–H and O–H groups in total. The monoisotopic (exact) mass is 166 g/mol. The van der Waals surface area contributed by atoms with Gasteiger partial charge in [-0.1, -0.05) is 18.2 Å². The van der Waals surface area contributed by atoms with Crippen molar-refractivity contribution >= 4 is 5.97 Å². The first kappa shape index (κ1) is 8.74. The van der Waals surface area contributed by atoms with Crippen molar-refractivity contribution in [2.75, 3.05) is 13.2 Å². The van der Waals surface area contributed by atoms with Crippen molar-refractivity contribution in [2.24, 2.45) is 0 Å². The molecule has 1 aromatic carbocycles. The van der Waals surface area contributed by atoms with Gasteiger partial charge in [0.15, 0.2) is 0 Å². The standard InChI is InChI=1S/C7H6O2.C2H4O/c8-7(9)6-4-2-1-3-5-6;1-2-3-1/h1-5H,(H,8,9);1-2H2. The highest BCUT2D eigenvalue weighted by Crippen LogP contribution is 1.96. The predicted molar refractivity (Wildman–Crippen MR) is 44.2 cm³/mol. The SMILES string of the molecule is C1CO1.O=C(O)c1ccccc1. The van der Waals surface area contributed by atoms with Gasteiger partial charge in [-0.2, -0.15) is 0 Å². The molecular formula is C9H10O3. The lowest BCUT2D eigenvalue weighted by molar-refractivity contribution is 0.0697. The van der Waals surface area contributed by atoms with E-state index in [2.05, 4.69) is 4.74 Å². The molecule has 1 fully saturated rings. The number of benzene rings is 1. The summed E-state index contributed by atoms with van der Waals surface area (Å²) in [5.41, 5.74) is 0.331. The van der Waals surface area contributed by atoms with E-state index in [0.29, 0.717) is 5.56 Å². The molecule has 2 rings (SSSR count). The van der Waals surface area contributed by atoms with Gasteiger partial charge in [0.05, 0.1) is 18.8 Å². The van der Waals surface area contributed by atoms with Gasteiger partial charge in [-0.25, -0.2) is 4.79 Å². The van der Waals surface area contributed by atoms with E-state index in [9.17, 15) is 4.79 Å². The van der Waals surface area contributed by atoms with Gasteiger partial charge in [0.1, 0.15) is 0 Å². The van der Waals surface area contributed by atoms with E-state index in [1.165, 1.54) is 0 Å². The van der Waals surface area contributed by atoms with Crippen molar-refractivity contribution in [3.63, 3.8) is 0 Å². The zero-order valence-corrected chi connectivity index (χ0v) is 6.56. The third kappa shape index (κ3) is 3.73. The maximum Gasteiger partial charge on any atom is 0.335 e. The number of hydrogen-bond donors (Lipinski definition) is 1. The molecule has 1 saturated heterocycles. The van der Waals surface area contributed by atoms with Gasteiger partial charge >= 0.3 is 5.97 Å². The van der Waals surface area contributed by atoms with E-state index in [0.717, 1.165) is 13.2 Å². The second-order valence-corrected chi connectivity index (χ2v) is 2.28. The predicted octanol–water partition coefficient (Wildman–Crippen LogP) is 1.40. The summed E-state index contributed by atoms with van der Waals surface area (Å²) in [5, 5.41) is 8.38. The smallest absolute Gasteiger partial charge is 0.335 e. The average molecular weight is 166 g/mol. The number of rotatable bonds is 1. The largest absolute Gasteiger partial charge is 0.478 e. The van der Waals surface area contributed by atoms with Gasteiger partial charge < -0.3 is 9.84 Å². The Hall–Kier alpha value is -1.35. The summed E-state index contributed by atoms with van der Waals surface area (Å²) >= 11 is 0. The highest BCUT2D eigenvalue weighted by molar-refractivity contribution is 5.87. The summed E-state index contributed by atoms with van der Waals surface area (Å²) in [6.07, 6.45) is 0. The van der Waals surface area contributed by atoms with Gasteiger partial charge in [-0.05, 0) is 12.1 Å². The Bertz CT molecular complexity index is 238. The fourth-order valence-corrected chi connectivity index (χ4v) is 0.581. The fraction of sp³-hybridized carbons (Fsp3) is 0.222. The maximum atomic E-state index is 10.2. The van der Waals surface area contributed by atoms with Crippen LogP contribution in [-0.2, 0) is 4.74 Å². The minimum absolute atomic E-state index is 0.331. The van der Waals surface area contributed by atoms with Crippen LogP contribution in [0.2, 0.25) is 0 Å². The van der Waals surface area contributed by atoms with Gasteiger partial charge in [-0.15, -0.1) is 0 Å². The number of ether oxygens (including phenoxy) is 1. The van der Waals surface area contributed by atoms with Crippen LogP contribution in [0.25, 0.3) is 0 Å². The Labute approximate surface area is 70.6 Å². The molecule has 0 amide bonds. The Balaban J connectivity index is 0.000000200. The number of carbonyl (C=O) groups is 1. The van der Waals surface area contributed by atoms with Gasteiger partial charge in [-0.3, -0.25) is 0 Å². The average Bonchev–Trinajstić information content (AvgIpc) is 2.92. The lowest BCUT2D eigenvalue weighted by Crippen LogP contribution is -1.93. The number of hydrogen-bond acceptors (Lipinski definition) is 2. The van der Waals surface area contributed by atoms with Crippen LogP contribution in [0, 0.1) is 0 Å². The van der Waals surface area contributed by atoms with Crippen molar-refractivity contribution in [1.82, 2.24) is 0 Å². The van der Waals surface area contributed by atoms with E-state index in [1.54, 1.807) is 30.3 Å². The van der Waals surface area contributed by atoms with Crippen LogP contribution in [0.15, 0.2) is 30.3 Å². The third-order valence-corrected chi connectivity index (χ3v) is 1.22.